The van der Waals surface area contributed by atoms with Gasteiger partial charge in [0.25, 0.3) is 0 Å². The van der Waals surface area contributed by atoms with E-state index in [-0.39, 0.29) is 0 Å². The number of hydrogen-bond acceptors (Lipinski definition) is 3. The highest BCUT2D eigenvalue weighted by Gasteiger charge is 2.48. The molecule has 3 aliphatic rings. The lowest BCUT2D eigenvalue weighted by molar-refractivity contribution is -0.130. The summed E-state index contributed by atoms with van der Waals surface area (Å²) in [5.41, 5.74) is 1.69. The fraction of sp³-hybridized carbons (Fsp3) is 0.720. The Balaban J connectivity index is 0.000000306. The number of allylic oxidation sites excluding steroid dienone is 4. The molecule has 0 aromatic rings. The number of fused-ring (bicyclic) bond motifs is 1. The van der Waals surface area contributed by atoms with Crippen molar-refractivity contribution in [3.05, 3.63) is 23.5 Å². The second kappa shape index (κ2) is 11.5. The predicted octanol–water partition coefficient (Wildman–Crippen LogP) is 5.62. The van der Waals surface area contributed by atoms with E-state index in [1.165, 1.54) is 37.9 Å². The highest BCUT2D eigenvalue weighted by molar-refractivity contribution is 5.79. The van der Waals surface area contributed by atoms with E-state index in [1.807, 2.05) is 19.1 Å². The highest BCUT2D eigenvalue weighted by Crippen LogP contribution is 2.49. The first-order valence-corrected chi connectivity index (χ1v) is 10.7. The van der Waals surface area contributed by atoms with Crippen LogP contribution in [0.2, 0.25) is 0 Å². The quantitative estimate of drug-likeness (QED) is 0.356. The summed E-state index contributed by atoms with van der Waals surface area (Å²) in [4.78, 5) is 14.3. The fourth-order valence-corrected chi connectivity index (χ4v) is 4.37. The number of piperidine rings is 1. The molecule has 3 nitrogen and oxygen atoms in total. The van der Waals surface area contributed by atoms with E-state index in [0.717, 1.165) is 30.9 Å². The summed E-state index contributed by atoms with van der Waals surface area (Å²) < 4.78 is 4.92. The number of rotatable bonds is 4. The minimum Gasteiger partial charge on any atom is -0.501 e. The maximum atomic E-state index is 11.6. The number of carbonyl (C=O) groups excluding carboxylic acids is 1. The molecule has 28 heavy (non-hydrogen) atoms. The van der Waals surface area contributed by atoms with Crippen LogP contribution in [0.15, 0.2) is 23.5 Å². The van der Waals surface area contributed by atoms with Gasteiger partial charge in [-0.3, -0.25) is 9.69 Å². The lowest BCUT2D eigenvalue weighted by Gasteiger charge is -2.53. The SMILES string of the molecule is C#C.CC1N(CC2CC2)CCC2CC(=O)CCC21C.CO/C(C)=C/C=C(C)C. The molecule has 1 aliphatic heterocycles. The second-order valence-corrected chi connectivity index (χ2v) is 9.07. The second-order valence-electron chi connectivity index (χ2n) is 9.07. The van der Waals surface area contributed by atoms with E-state index in [0.29, 0.717) is 23.2 Å². The van der Waals surface area contributed by atoms with E-state index < -0.39 is 0 Å². The van der Waals surface area contributed by atoms with Gasteiger partial charge in [0.05, 0.1) is 12.9 Å². The van der Waals surface area contributed by atoms with Gasteiger partial charge < -0.3 is 4.74 Å². The maximum Gasteiger partial charge on any atom is 0.133 e. The zero-order valence-corrected chi connectivity index (χ0v) is 19.0. The Hall–Kier alpha value is -1.53. The first-order valence-electron chi connectivity index (χ1n) is 10.7. The molecule has 0 bridgehead atoms. The van der Waals surface area contributed by atoms with Crippen LogP contribution in [0.5, 0.6) is 0 Å². The van der Waals surface area contributed by atoms with Gasteiger partial charge in [-0.25, -0.2) is 0 Å². The monoisotopic (exact) mass is 387 g/mol. The number of hydrogen-bond donors (Lipinski definition) is 0. The Morgan fingerprint density at radius 2 is 1.86 bits per heavy atom. The summed E-state index contributed by atoms with van der Waals surface area (Å²) in [7, 11) is 1.67. The lowest BCUT2D eigenvalue weighted by atomic mass is 9.60. The fourth-order valence-electron chi connectivity index (χ4n) is 4.37. The van der Waals surface area contributed by atoms with Crippen LogP contribution in [-0.4, -0.2) is 36.9 Å². The Labute approximate surface area is 173 Å². The first kappa shape index (κ1) is 24.5. The van der Waals surface area contributed by atoms with Crippen molar-refractivity contribution in [2.45, 2.75) is 79.2 Å². The normalized spacial score (nSPS) is 30.0. The van der Waals surface area contributed by atoms with Crippen LogP contribution < -0.4 is 0 Å². The van der Waals surface area contributed by atoms with Gasteiger partial charge in [-0.1, -0.05) is 18.6 Å². The molecule has 0 radical (unpaired) electrons. The molecule has 1 saturated heterocycles. The van der Waals surface area contributed by atoms with Crippen molar-refractivity contribution >= 4 is 5.78 Å². The Morgan fingerprint density at radius 3 is 2.39 bits per heavy atom. The van der Waals surface area contributed by atoms with Crippen molar-refractivity contribution in [2.24, 2.45) is 17.3 Å². The zero-order valence-electron chi connectivity index (χ0n) is 19.0. The summed E-state index contributed by atoms with van der Waals surface area (Å²) >= 11 is 0. The number of ether oxygens (including phenoxy) is 1. The minimum atomic E-state index is 0.404. The molecule has 0 aromatic heterocycles. The smallest absolute Gasteiger partial charge is 0.133 e. The average molecular weight is 388 g/mol. The Morgan fingerprint density at radius 1 is 1.21 bits per heavy atom. The van der Waals surface area contributed by atoms with Crippen molar-refractivity contribution in [1.82, 2.24) is 4.90 Å². The number of methoxy groups -OCH3 is 1. The van der Waals surface area contributed by atoms with Gasteiger partial charge in [0.15, 0.2) is 0 Å². The molecule has 0 spiro atoms. The molecule has 0 N–H and O–H groups in total. The molecular formula is C25H41NO2. The molecule has 158 valence electrons. The third-order valence-electron chi connectivity index (χ3n) is 6.78. The molecule has 3 heteroatoms. The number of terminal acetylenes is 1. The maximum absolute atomic E-state index is 11.6. The van der Waals surface area contributed by atoms with E-state index in [4.69, 9.17) is 4.74 Å². The molecule has 3 rings (SSSR count). The summed E-state index contributed by atoms with van der Waals surface area (Å²) in [6.07, 6.45) is 18.9. The van der Waals surface area contributed by atoms with Crippen molar-refractivity contribution in [3.63, 3.8) is 0 Å². The summed E-state index contributed by atoms with van der Waals surface area (Å²) in [5, 5.41) is 0. The summed E-state index contributed by atoms with van der Waals surface area (Å²) in [5.74, 6) is 3.10. The highest BCUT2D eigenvalue weighted by atomic mass is 16.5. The molecule has 0 aromatic carbocycles. The van der Waals surface area contributed by atoms with Crippen molar-refractivity contribution in [3.8, 4) is 12.8 Å². The van der Waals surface area contributed by atoms with Gasteiger partial charge >= 0.3 is 0 Å². The van der Waals surface area contributed by atoms with Crippen LogP contribution in [-0.2, 0) is 9.53 Å². The molecule has 2 aliphatic carbocycles. The van der Waals surface area contributed by atoms with Crippen LogP contribution in [0.3, 0.4) is 0 Å². The third kappa shape index (κ3) is 7.13. The van der Waals surface area contributed by atoms with Crippen LogP contribution in [0.4, 0.5) is 0 Å². The Bertz CT molecular complexity index is 581. The van der Waals surface area contributed by atoms with Gasteiger partial charge in [-0.05, 0) is 83.2 Å². The average Bonchev–Trinajstić information content (AvgIpc) is 3.50. The first-order chi connectivity index (χ1) is 13.3. The summed E-state index contributed by atoms with van der Waals surface area (Å²) in [6, 6.07) is 0.676. The van der Waals surface area contributed by atoms with E-state index in [2.05, 4.69) is 45.4 Å². The van der Waals surface area contributed by atoms with Gasteiger partial charge in [0.2, 0.25) is 0 Å². The molecule has 2 saturated carbocycles. The van der Waals surface area contributed by atoms with E-state index >= 15 is 0 Å². The molecule has 3 unspecified atom stereocenters. The van der Waals surface area contributed by atoms with Crippen LogP contribution in [0, 0.1) is 30.1 Å². The number of Topliss-reactive ketones (excluding diaryl/α,β-unsaturated/α-hetero) is 1. The molecule has 1 heterocycles. The van der Waals surface area contributed by atoms with Crippen LogP contribution >= 0.6 is 0 Å². The van der Waals surface area contributed by atoms with Gasteiger partial charge in [-0.2, -0.15) is 0 Å². The largest absolute Gasteiger partial charge is 0.501 e. The minimum absolute atomic E-state index is 0.404. The van der Waals surface area contributed by atoms with Crippen molar-refractivity contribution in [1.29, 1.82) is 0 Å². The molecule has 0 amide bonds. The molecule has 3 atom stereocenters. The van der Waals surface area contributed by atoms with E-state index in [1.54, 1.807) is 7.11 Å². The Kier molecular flexibility index (Phi) is 10.0. The van der Waals surface area contributed by atoms with Crippen molar-refractivity contribution < 1.29 is 9.53 Å². The summed E-state index contributed by atoms with van der Waals surface area (Å²) in [6.45, 7) is 13.4. The zero-order chi connectivity index (χ0) is 21.3. The number of ketones is 1. The van der Waals surface area contributed by atoms with Crippen LogP contribution in [0.25, 0.3) is 0 Å². The van der Waals surface area contributed by atoms with Gasteiger partial charge in [0, 0.05) is 25.4 Å². The van der Waals surface area contributed by atoms with Gasteiger partial charge in [0.1, 0.15) is 5.78 Å². The standard InChI is InChI=1S/C15H25NO.C8H14O.C2H2/c1-11-15(2)7-5-14(17)9-13(15)6-8-16(11)10-12-3-4-12;1-7(2)5-6-8(3)9-4;1-2/h11-13H,3-10H2,1-2H3;5-6H,1-4H3;1-2H/b;8-6+;. The lowest BCUT2D eigenvalue weighted by Crippen LogP contribution is -2.56. The molecule has 3 fully saturated rings. The number of carbonyl (C=O) groups is 1. The predicted molar refractivity (Wildman–Crippen MR) is 119 cm³/mol. The topological polar surface area (TPSA) is 29.5 Å². The van der Waals surface area contributed by atoms with E-state index in [9.17, 15) is 4.79 Å². The third-order valence-corrected chi connectivity index (χ3v) is 6.78. The van der Waals surface area contributed by atoms with Crippen LogP contribution in [0.1, 0.15) is 73.1 Å². The van der Waals surface area contributed by atoms with Gasteiger partial charge in [-0.15, -0.1) is 12.8 Å². The number of likely N-dealkylation sites (tertiary alicyclic amines) is 1. The number of nitrogens with zero attached hydrogens (tertiary/aromatic N) is 1. The molecular weight excluding hydrogens is 346 g/mol. The van der Waals surface area contributed by atoms with Crippen molar-refractivity contribution in [2.75, 3.05) is 20.2 Å².